The average molecular weight is 640 g/mol. The minimum Gasteiger partial charge on any atom is -0.507 e. The van der Waals surface area contributed by atoms with E-state index in [0.717, 1.165) is 0 Å². The maximum atomic E-state index is 13.7. The van der Waals surface area contributed by atoms with Crippen LogP contribution in [-0.4, -0.2) is 98.8 Å². The molecule has 242 valence electrons. The maximum Gasteiger partial charge on any atom is 0.471 e. The summed E-state index contributed by atoms with van der Waals surface area (Å²) < 4.78 is 55.5. The van der Waals surface area contributed by atoms with Crippen molar-refractivity contribution < 1.29 is 72.1 Å². The Bertz CT molecular complexity index is 1610. The Labute approximate surface area is 252 Å². The Hall–Kier alpha value is -4.09. The van der Waals surface area contributed by atoms with Crippen molar-refractivity contribution in [2.75, 3.05) is 13.7 Å². The summed E-state index contributed by atoms with van der Waals surface area (Å²) in [5.74, 6) is -6.94. The fraction of sp³-hybridized carbons (Fsp3) is 0.448. The van der Waals surface area contributed by atoms with E-state index in [-0.39, 0.29) is 28.0 Å². The standard InChI is InChI=1S/C29H28F3NO12/c1-10-22(36)13(33-27(41)29(30,31)32)6-17(44-10)45-15-8-28(42,16(35)9-34)7-12-19(15)26(40)21-20(24(12)38)23(37)11-4-3-5-14(43-2)18(11)25(21)39/h3-5,10,13,15,17,22,34,36,38,40,42H,6-9H2,1-2H3,(H,33,41)/t10?,13?,15-,17?,22?,28-/m0/s1. The summed E-state index contributed by atoms with van der Waals surface area (Å²) >= 11 is 0. The monoisotopic (exact) mass is 639 g/mol. The Balaban J connectivity index is 1.61. The molecule has 0 bridgehead atoms. The zero-order valence-corrected chi connectivity index (χ0v) is 23.7. The molecule has 5 rings (SSSR count). The van der Waals surface area contributed by atoms with Gasteiger partial charge in [0.2, 0.25) is 5.78 Å². The van der Waals surface area contributed by atoms with Gasteiger partial charge in [-0.15, -0.1) is 0 Å². The topological polar surface area (TPSA) is 209 Å². The van der Waals surface area contributed by atoms with Crippen molar-refractivity contribution >= 4 is 23.3 Å². The number of benzene rings is 2. The summed E-state index contributed by atoms with van der Waals surface area (Å²) in [5, 5.41) is 55.8. The summed E-state index contributed by atoms with van der Waals surface area (Å²) in [6, 6.07) is 2.60. The molecule has 1 heterocycles. The summed E-state index contributed by atoms with van der Waals surface area (Å²) in [6.07, 6.45) is -13.3. The summed E-state index contributed by atoms with van der Waals surface area (Å²) in [5.41, 5.74) is -4.74. The molecule has 0 spiro atoms. The maximum absolute atomic E-state index is 13.7. The molecule has 3 aliphatic rings. The first kappa shape index (κ1) is 32.3. The number of amides is 1. The lowest BCUT2D eigenvalue weighted by atomic mass is 9.72. The van der Waals surface area contributed by atoms with Gasteiger partial charge in [0.25, 0.3) is 0 Å². The molecule has 6 atom stereocenters. The van der Waals surface area contributed by atoms with E-state index < -0.39 is 114 Å². The zero-order chi connectivity index (χ0) is 33.2. The second kappa shape index (κ2) is 11.4. The average Bonchev–Trinajstić information content (AvgIpc) is 2.98. The normalized spacial score (nSPS) is 27.7. The number of carbonyl (C=O) groups excluding carboxylic acids is 4. The van der Waals surface area contributed by atoms with Crippen LogP contribution in [0.3, 0.4) is 0 Å². The molecule has 13 nitrogen and oxygen atoms in total. The third-order valence-corrected chi connectivity index (χ3v) is 8.33. The molecule has 45 heavy (non-hydrogen) atoms. The van der Waals surface area contributed by atoms with Gasteiger partial charge in [0.15, 0.2) is 17.9 Å². The third-order valence-electron chi connectivity index (χ3n) is 8.33. The number of halogens is 3. The van der Waals surface area contributed by atoms with E-state index in [1.54, 1.807) is 5.32 Å². The van der Waals surface area contributed by atoms with Crippen LogP contribution in [0, 0.1) is 0 Å². The number of phenols is 2. The molecule has 0 saturated carbocycles. The molecule has 4 unspecified atom stereocenters. The summed E-state index contributed by atoms with van der Waals surface area (Å²) in [4.78, 5) is 51.5. The number of methoxy groups -OCH3 is 1. The van der Waals surface area contributed by atoms with Gasteiger partial charge in [0.1, 0.15) is 35.6 Å². The van der Waals surface area contributed by atoms with Crippen molar-refractivity contribution in [3.63, 3.8) is 0 Å². The van der Waals surface area contributed by atoms with Crippen LogP contribution in [0.5, 0.6) is 17.2 Å². The van der Waals surface area contributed by atoms with Gasteiger partial charge in [0.05, 0.1) is 42.0 Å². The van der Waals surface area contributed by atoms with Gasteiger partial charge in [-0.25, -0.2) is 0 Å². The van der Waals surface area contributed by atoms with Crippen LogP contribution in [0.25, 0.3) is 0 Å². The van der Waals surface area contributed by atoms with Gasteiger partial charge in [-0.1, -0.05) is 12.1 Å². The molecule has 1 aliphatic heterocycles. The van der Waals surface area contributed by atoms with Crippen molar-refractivity contribution in [1.29, 1.82) is 0 Å². The summed E-state index contributed by atoms with van der Waals surface area (Å²) in [6.45, 7) is 0.123. The van der Waals surface area contributed by atoms with E-state index in [1.165, 1.54) is 32.2 Å². The molecular weight excluding hydrogens is 611 g/mol. The van der Waals surface area contributed by atoms with Crippen molar-refractivity contribution in [2.24, 2.45) is 0 Å². The van der Waals surface area contributed by atoms with Gasteiger partial charge in [-0.05, 0) is 13.0 Å². The van der Waals surface area contributed by atoms with E-state index in [0.29, 0.717) is 0 Å². The van der Waals surface area contributed by atoms with Crippen LogP contribution >= 0.6 is 0 Å². The number of rotatable bonds is 6. The minimum atomic E-state index is -5.27. The number of carbonyl (C=O) groups is 4. The van der Waals surface area contributed by atoms with Crippen molar-refractivity contribution in [2.45, 2.75) is 68.6 Å². The minimum absolute atomic E-state index is 0.000996. The highest BCUT2D eigenvalue weighted by molar-refractivity contribution is 6.31. The molecule has 1 fully saturated rings. The van der Waals surface area contributed by atoms with Crippen molar-refractivity contribution in [3.8, 4) is 17.2 Å². The van der Waals surface area contributed by atoms with E-state index in [4.69, 9.17) is 14.2 Å². The second-order valence-corrected chi connectivity index (χ2v) is 11.1. The number of fused-ring (bicyclic) bond motifs is 3. The number of ketones is 3. The van der Waals surface area contributed by atoms with Crippen LogP contribution in [0.4, 0.5) is 13.2 Å². The molecule has 16 heteroatoms. The molecule has 1 amide bonds. The number of phenolic OH excluding ortho intramolecular Hbond substituents is 2. The number of Topliss-reactive ketones (excluding diaryl/α,β-unsaturated/α-hetero) is 1. The lowest BCUT2D eigenvalue weighted by Crippen LogP contribution is -2.57. The van der Waals surface area contributed by atoms with E-state index in [2.05, 4.69) is 0 Å². The smallest absolute Gasteiger partial charge is 0.471 e. The number of aliphatic hydroxyl groups excluding tert-OH is 2. The first-order chi connectivity index (χ1) is 21.0. The largest absolute Gasteiger partial charge is 0.507 e. The number of alkyl halides is 3. The van der Waals surface area contributed by atoms with Crippen LogP contribution in [0.15, 0.2) is 18.2 Å². The number of hydrogen-bond donors (Lipinski definition) is 6. The highest BCUT2D eigenvalue weighted by Crippen LogP contribution is 2.52. The number of aromatic hydroxyl groups is 2. The molecule has 2 aromatic carbocycles. The number of ether oxygens (including phenoxy) is 3. The zero-order valence-electron chi connectivity index (χ0n) is 23.7. The van der Waals surface area contributed by atoms with E-state index >= 15 is 0 Å². The summed E-state index contributed by atoms with van der Waals surface area (Å²) in [7, 11) is 1.25. The molecule has 1 saturated heterocycles. The molecule has 2 aliphatic carbocycles. The lowest BCUT2D eigenvalue weighted by molar-refractivity contribution is -0.250. The Morgan fingerprint density at radius 2 is 1.78 bits per heavy atom. The predicted octanol–water partition coefficient (Wildman–Crippen LogP) is 0.721. The number of nitrogens with one attached hydrogen (secondary N) is 1. The molecule has 6 N–H and O–H groups in total. The van der Waals surface area contributed by atoms with Crippen LogP contribution < -0.4 is 10.1 Å². The van der Waals surface area contributed by atoms with Crippen molar-refractivity contribution in [3.05, 3.63) is 51.6 Å². The molecule has 0 radical (unpaired) electrons. The van der Waals surface area contributed by atoms with Gasteiger partial charge in [0, 0.05) is 36.0 Å². The highest BCUT2D eigenvalue weighted by Gasteiger charge is 2.51. The van der Waals surface area contributed by atoms with Crippen LogP contribution in [0.2, 0.25) is 0 Å². The van der Waals surface area contributed by atoms with Gasteiger partial charge in [-0.2, -0.15) is 13.2 Å². The van der Waals surface area contributed by atoms with E-state index in [9.17, 15) is 57.9 Å². The number of aliphatic hydroxyl groups is 3. The van der Waals surface area contributed by atoms with Gasteiger partial charge < -0.3 is 45.1 Å². The fourth-order valence-electron chi connectivity index (χ4n) is 6.11. The van der Waals surface area contributed by atoms with Crippen LogP contribution in [-0.2, 0) is 25.5 Å². The van der Waals surface area contributed by atoms with Gasteiger partial charge in [-0.3, -0.25) is 19.2 Å². The fourth-order valence-corrected chi connectivity index (χ4v) is 6.11. The predicted molar refractivity (Wildman–Crippen MR) is 142 cm³/mol. The highest BCUT2D eigenvalue weighted by atomic mass is 19.4. The Kier molecular flexibility index (Phi) is 8.16. The quantitative estimate of drug-likeness (QED) is 0.206. The SMILES string of the molecule is COc1cccc2c1C(=O)c1c(O)c3c(c(O)c1C2=O)C[C@@](O)(C(=O)CO)C[C@@H]3OC1CC(NC(=O)C(F)(F)F)C(O)C(C)O1. The second-order valence-electron chi connectivity index (χ2n) is 11.1. The first-order valence-corrected chi connectivity index (χ1v) is 13.6. The lowest BCUT2D eigenvalue weighted by Gasteiger charge is -2.43. The van der Waals surface area contributed by atoms with Crippen LogP contribution in [0.1, 0.15) is 68.8 Å². The Morgan fingerprint density at radius 1 is 1.11 bits per heavy atom. The first-order valence-electron chi connectivity index (χ1n) is 13.6. The molecule has 0 aromatic heterocycles. The number of hydrogen-bond acceptors (Lipinski definition) is 12. The Morgan fingerprint density at radius 3 is 2.40 bits per heavy atom. The van der Waals surface area contributed by atoms with E-state index in [1.807, 2.05) is 0 Å². The van der Waals surface area contributed by atoms with Gasteiger partial charge >= 0.3 is 12.1 Å². The van der Waals surface area contributed by atoms with Crippen molar-refractivity contribution in [1.82, 2.24) is 5.32 Å². The third kappa shape index (κ3) is 5.31. The molecular formula is C29H28F3NO12. The molecule has 2 aromatic rings.